The molecule has 20 heavy (non-hydrogen) atoms. The Hall–Kier alpha value is -0.430. The molecule has 4 fully saturated rings. The highest BCUT2D eigenvalue weighted by Gasteiger charge is 2.71. The summed E-state index contributed by atoms with van der Waals surface area (Å²) in [4.78, 5) is 18.6. The minimum Gasteiger partial charge on any atom is -0.327 e. The number of halogens is 1. The van der Waals surface area contributed by atoms with Crippen molar-refractivity contribution < 1.29 is 4.79 Å². The van der Waals surface area contributed by atoms with Crippen LogP contribution in [-0.2, 0) is 16.8 Å². The summed E-state index contributed by atoms with van der Waals surface area (Å²) in [5.74, 6) is 1.68. The molecular formula is C15H20IN3O. The number of ketones is 1. The molecular weight excluding hydrogens is 365 g/mol. The largest absolute Gasteiger partial charge is 0.327 e. The van der Waals surface area contributed by atoms with Crippen LogP contribution >= 0.6 is 22.6 Å². The molecule has 108 valence electrons. The van der Waals surface area contributed by atoms with Crippen molar-refractivity contribution >= 4 is 28.4 Å². The maximum absolute atomic E-state index is 11.4. The van der Waals surface area contributed by atoms with Gasteiger partial charge >= 0.3 is 0 Å². The average molecular weight is 385 g/mol. The van der Waals surface area contributed by atoms with Crippen molar-refractivity contribution in [1.82, 2.24) is 14.5 Å². The van der Waals surface area contributed by atoms with Crippen LogP contribution in [0.3, 0.4) is 0 Å². The Kier molecular flexibility index (Phi) is 2.84. The molecule has 3 saturated carbocycles. The van der Waals surface area contributed by atoms with E-state index in [1.165, 1.54) is 25.1 Å². The fraction of sp³-hybridized carbons (Fsp3) is 0.733. The lowest BCUT2D eigenvalue weighted by atomic mass is 9.43. The fourth-order valence-electron chi connectivity index (χ4n) is 4.55. The van der Waals surface area contributed by atoms with E-state index in [0.29, 0.717) is 16.9 Å². The number of nitrogens with zero attached hydrogens (tertiary/aromatic N) is 3. The molecule has 0 atom stereocenters. The standard InChI is InChI=1S/C15H20IN3O/c1-2-13-17-12(16)7-19(13)15-8-14(9-15,10-15)18-5-3-11(20)4-6-18/h7H,2-6,8-10H2,1H3. The Morgan fingerprint density at radius 1 is 1.25 bits per heavy atom. The van der Waals surface area contributed by atoms with Crippen molar-refractivity contribution in [3.63, 3.8) is 0 Å². The number of aromatic nitrogens is 2. The van der Waals surface area contributed by atoms with Crippen LogP contribution in [0.1, 0.15) is 44.9 Å². The smallest absolute Gasteiger partial charge is 0.135 e. The number of hydrogen-bond donors (Lipinski definition) is 0. The van der Waals surface area contributed by atoms with Crippen molar-refractivity contribution in [3.05, 3.63) is 15.7 Å². The molecule has 4 nitrogen and oxygen atoms in total. The molecule has 1 aliphatic heterocycles. The van der Waals surface area contributed by atoms with Gasteiger partial charge in [-0.1, -0.05) is 6.92 Å². The Bertz CT molecular complexity index is 550. The van der Waals surface area contributed by atoms with Gasteiger partial charge in [0.25, 0.3) is 0 Å². The third-order valence-electron chi connectivity index (χ3n) is 5.54. The van der Waals surface area contributed by atoms with Crippen molar-refractivity contribution in [1.29, 1.82) is 0 Å². The van der Waals surface area contributed by atoms with Gasteiger partial charge in [-0.05, 0) is 41.9 Å². The lowest BCUT2D eigenvalue weighted by molar-refractivity contribution is -0.210. The highest BCUT2D eigenvalue weighted by atomic mass is 127. The number of rotatable bonds is 3. The number of hydrogen-bond acceptors (Lipinski definition) is 3. The number of Topliss-reactive ketones (excluding diaryl/α,β-unsaturated/α-hetero) is 1. The number of aryl methyl sites for hydroxylation is 1. The first-order valence-corrected chi connectivity index (χ1v) is 8.66. The van der Waals surface area contributed by atoms with E-state index in [0.717, 1.165) is 36.1 Å². The first kappa shape index (κ1) is 13.2. The van der Waals surface area contributed by atoms with Gasteiger partial charge in [-0.3, -0.25) is 9.69 Å². The van der Waals surface area contributed by atoms with Crippen LogP contribution in [0.15, 0.2) is 6.20 Å². The topological polar surface area (TPSA) is 38.1 Å². The summed E-state index contributed by atoms with van der Waals surface area (Å²) >= 11 is 2.32. The summed E-state index contributed by atoms with van der Waals surface area (Å²) in [6.07, 6.45) is 8.53. The van der Waals surface area contributed by atoms with Crippen LogP contribution in [0.4, 0.5) is 0 Å². The minimum atomic E-state index is 0.350. The van der Waals surface area contributed by atoms with Gasteiger partial charge in [-0.25, -0.2) is 4.98 Å². The Morgan fingerprint density at radius 3 is 2.50 bits per heavy atom. The highest BCUT2D eigenvalue weighted by molar-refractivity contribution is 14.1. The van der Waals surface area contributed by atoms with Crippen LogP contribution in [-0.4, -0.2) is 38.9 Å². The van der Waals surface area contributed by atoms with Gasteiger partial charge in [0, 0.05) is 44.1 Å². The summed E-state index contributed by atoms with van der Waals surface area (Å²) in [5.41, 5.74) is 0.768. The molecule has 2 bridgehead atoms. The van der Waals surface area contributed by atoms with E-state index >= 15 is 0 Å². The molecule has 4 aliphatic rings. The molecule has 1 aromatic rings. The summed E-state index contributed by atoms with van der Waals surface area (Å²) < 4.78 is 3.56. The van der Waals surface area contributed by atoms with E-state index in [2.05, 4.69) is 50.2 Å². The zero-order chi connectivity index (χ0) is 14.0. The second-order valence-electron chi connectivity index (χ2n) is 6.71. The maximum Gasteiger partial charge on any atom is 0.135 e. The first-order valence-electron chi connectivity index (χ1n) is 7.58. The number of carbonyl (C=O) groups is 1. The normalized spacial score (nSPS) is 36.6. The second kappa shape index (κ2) is 4.29. The maximum atomic E-state index is 11.4. The average Bonchev–Trinajstić information content (AvgIpc) is 2.70. The van der Waals surface area contributed by atoms with E-state index < -0.39 is 0 Å². The number of carbonyl (C=O) groups excluding carboxylic acids is 1. The molecule has 0 amide bonds. The predicted molar refractivity (Wildman–Crippen MR) is 84.7 cm³/mol. The van der Waals surface area contributed by atoms with E-state index in [1.807, 2.05) is 0 Å². The van der Waals surface area contributed by atoms with Crippen molar-refractivity contribution in [3.8, 4) is 0 Å². The number of likely N-dealkylation sites (tertiary alicyclic amines) is 1. The number of imidazole rings is 1. The molecule has 5 rings (SSSR count). The van der Waals surface area contributed by atoms with Crippen molar-refractivity contribution in [2.75, 3.05) is 13.1 Å². The summed E-state index contributed by atoms with van der Waals surface area (Å²) in [7, 11) is 0. The third-order valence-corrected chi connectivity index (χ3v) is 6.06. The number of piperidine rings is 1. The molecule has 0 radical (unpaired) electrons. The van der Waals surface area contributed by atoms with Gasteiger partial charge in [-0.2, -0.15) is 0 Å². The van der Waals surface area contributed by atoms with Crippen molar-refractivity contribution in [2.45, 2.75) is 56.5 Å². The van der Waals surface area contributed by atoms with E-state index in [-0.39, 0.29) is 0 Å². The molecule has 2 heterocycles. The zero-order valence-electron chi connectivity index (χ0n) is 11.9. The lowest BCUT2D eigenvalue weighted by Gasteiger charge is -2.74. The van der Waals surface area contributed by atoms with Gasteiger partial charge in [-0.15, -0.1) is 0 Å². The second-order valence-corrected chi connectivity index (χ2v) is 7.81. The van der Waals surface area contributed by atoms with Crippen LogP contribution in [0.5, 0.6) is 0 Å². The minimum absolute atomic E-state index is 0.350. The van der Waals surface area contributed by atoms with Gasteiger partial charge in [0.05, 0.1) is 5.54 Å². The first-order chi connectivity index (χ1) is 9.57. The predicted octanol–water partition coefficient (Wildman–Crippen LogP) is 2.35. The molecule has 0 spiro atoms. The van der Waals surface area contributed by atoms with E-state index in [4.69, 9.17) is 0 Å². The van der Waals surface area contributed by atoms with Crippen LogP contribution in [0.25, 0.3) is 0 Å². The Balaban J connectivity index is 1.50. The van der Waals surface area contributed by atoms with E-state index in [1.54, 1.807) is 0 Å². The van der Waals surface area contributed by atoms with Crippen LogP contribution in [0, 0.1) is 3.70 Å². The third kappa shape index (κ3) is 1.68. The molecule has 3 aliphatic carbocycles. The molecule has 5 heteroatoms. The highest BCUT2D eigenvalue weighted by Crippen LogP contribution is 2.68. The van der Waals surface area contributed by atoms with Crippen LogP contribution < -0.4 is 0 Å². The quantitative estimate of drug-likeness (QED) is 0.750. The van der Waals surface area contributed by atoms with Gasteiger partial charge in [0.15, 0.2) is 0 Å². The molecule has 1 aromatic heterocycles. The molecule has 1 saturated heterocycles. The summed E-state index contributed by atoms with van der Waals surface area (Å²) in [6.45, 7) is 4.15. The van der Waals surface area contributed by atoms with Gasteiger partial charge in [0.2, 0.25) is 0 Å². The van der Waals surface area contributed by atoms with Gasteiger partial charge < -0.3 is 4.57 Å². The summed E-state index contributed by atoms with van der Waals surface area (Å²) in [5, 5.41) is 0. The molecule has 0 unspecified atom stereocenters. The Morgan fingerprint density at radius 2 is 1.90 bits per heavy atom. The van der Waals surface area contributed by atoms with Crippen LogP contribution in [0.2, 0.25) is 0 Å². The zero-order valence-corrected chi connectivity index (χ0v) is 14.0. The monoisotopic (exact) mass is 385 g/mol. The lowest BCUT2D eigenvalue weighted by Crippen LogP contribution is -2.79. The van der Waals surface area contributed by atoms with Gasteiger partial charge in [0.1, 0.15) is 15.3 Å². The Labute approximate surface area is 133 Å². The van der Waals surface area contributed by atoms with E-state index in [9.17, 15) is 4.79 Å². The van der Waals surface area contributed by atoms with Crippen molar-refractivity contribution in [2.24, 2.45) is 0 Å². The molecule has 0 N–H and O–H groups in total. The molecule has 0 aromatic carbocycles. The summed E-state index contributed by atoms with van der Waals surface area (Å²) in [6, 6.07) is 0. The fourth-order valence-corrected chi connectivity index (χ4v) is 5.11. The SMILES string of the molecule is CCc1nc(I)cn1C12CC(N3CCC(=O)CC3)(C1)C2.